The van der Waals surface area contributed by atoms with E-state index in [2.05, 4.69) is 20.8 Å². The van der Waals surface area contributed by atoms with Crippen LogP contribution in [0.5, 0.6) is 5.75 Å². The number of rotatable bonds is 4. The highest BCUT2D eigenvalue weighted by molar-refractivity contribution is 5.92. The molecule has 100 valence electrons. The number of anilines is 1. The van der Waals surface area contributed by atoms with Crippen molar-refractivity contribution in [1.82, 2.24) is 20.2 Å². The predicted molar refractivity (Wildman–Crippen MR) is 68.1 cm³/mol. The van der Waals surface area contributed by atoms with Gasteiger partial charge < -0.3 is 15.8 Å². The molecule has 8 heteroatoms. The van der Waals surface area contributed by atoms with Crippen molar-refractivity contribution in [2.24, 2.45) is 5.73 Å². The Morgan fingerprint density at radius 2 is 2.32 bits per heavy atom. The minimum absolute atomic E-state index is 0.0781. The number of methoxy groups -OCH3 is 1. The van der Waals surface area contributed by atoms with Crippen molar-refractivity contribution < 1.29 is 9.53 Å². The van der Waals surface area contributed by atoms with Crippen LogP contribution in [0.4, 0.5) is 5.69 Å². The quantitative estimate of drug-likeness (QED) is 0.795. The van der Waals surface area contributed by atoms with Crippen molar-refractivity contribution in [2.45, 2.75) is 6.92 Å². The summed E-state index contributed by atoms with van der Waals surface area (Å²) in [6.45, 7) is 1.69. The topological polar surface area (TPSA) is 108 Å². The SMILES string of the molecule is COc1ccc(NC(=O)CN)cc1-n1nnnc1C. The minimum atomic E-state index is -0.274. The first-order chi connectivity index (χ1) is 9.15. The van der Waals surface area contributed by atoms with Gasteiger partial charge in [-0.1, -0.05) is 0 Å². The summed E-state index contributed by atoms with van der Waals surface area (Å²) in [5, 5.41) is 13.9. The van der Waals surface area contributed by atoms with Crippen LogP contribution < -0.4 is 15.8 Å². The Kier molecular flexibility index (Phi) is 3.71. The molecule has 1 heterocycles. The molecule has 0 spiro atoms. The first-order valence-electron chi connectivity index (χ1n) is 5.59. The lowest BCUT2D eigenvalue weighted by Crippen LogP contribution is -2.21. The Hall–Kier alpha value is -2.48. The summed E-state index contributed by atoms with van der Waals surface area (Å²) in [6.07, 6.45) is 0. The van der Waals surface area contributed by atoms with Crippen molar-refractivity contribution in [3.63, 3.8) is 0 Å². The van der Waals surface area contributed by atoms with E-state index in [0.29, 0.717) is 22.9 Å². The predicted octanol–water partition coefficient (Wildman–Crippen LogP) is -0.123. The summed E-state index contributed by atoms with van der Waals surface area (Å²) < 4.78 is 6.78. The van der Waals surface area contributed by atoms with Crippen molar-refractivity contribution in [3.05, 3.63) is 24.0 Å². The number of aryl methyl sites for hydroxylation is 1. The highest BCUT2D eigenvalue weighted by Crippen LogP contribution is 2.26. The first-order valence-corrected chi connectivity index (χ1v) is 5.59. The van der Waals surface area contributed by atoms with Gasteiger partial charge >= 0.3 is 0 Å². The van der Waals surface area contributed by atoms with E-state index < -0.39 is 0 Å². The molecule has 1 amide bonds. The molecule has 0 radical (unpaired) electrons. The Morgan fingerprint density at radius 1 is 1.53 bits per heavy atom. The summed E-state index contributed by atoms with van der Waals surface area (Å²) in [4.78, 5) is 11.3. The maximum atomic E-state index is 11.3. The van der Waals surface area contributed by atoms with Gasteiger partial charge in [0.25, 0.3) is 0 Å². The Bertz CT molecular complexity index is 595. The van der Waals surface area contributed by atoms with Crippen LogP contribution in [0.3, 0.4) is 0 Å². The fourth-order valence-electron chi connectivity index (χ4n) is 1.60. The molecule has 1 aromatic heterocycles. The van der Waals surface area contributed by atoms with Gasteiger partial charge in [0.05, 0.1) is 13.7 Å². The number of carbonyl (C=O) groups excluding carboxylic acids is 1. The molecule has 0 saturated carbocycles. The maximum absolute atomic E-state index is 11.3. The van der Waals surface area contributed by atoms with Gasteiger partial charge in [0, 0.05) is 5.69 Å². The zero-order valence-corrected chi connectivity index (χ0v) is 10.6. The maximum Gasteiger partial charge on any atom is 0.238 e. The van der Waals surface area contributed by atoms with Crippen LogP contribution in [-0.2, 0) is 4.79 Å². The van der Waals surface area contributed by atoms with Crippen molar-refractivity contribution in [1.29, 1.82) is 0 Å². The molecular weight excluding hydrogens is 248 g/mol. The number of nitrogens with one attached hydrogen (secondary N) is 1. The molecule has 0 saturated heterocycles. The Morgan fingerprint density at radius 3 is 2.89 bits per heavy atom. The molecule has 0 bridgehead atoms. The van der Waals surface area contributed by atoms with E-state index in [1.54, 1.807) is 32.2 Å². The lowest BCUT2D eigenvalue weighted by Gasteiger charge is -2.11. The molecule has 8 nitrogen and oxygen atoms in total. The van der Waals surface area contributed by atoms with Gasteiger partial charge in [-0.15, -0.1) is 5.10 Å². The summed E-state index contributed by atoms with van der Waals surface area (Å²) >= 11 is 0. The molecule has 19 heavy (non-hydrogen) atoms. The lowest BCUT2D eigenvalue weighted by molar-refractivity contribution is -0.114. The zero-order chi connectivity index (χ0) is 13.8. The van der Waals surface area contributed by atoms with E-state index in [4.69, 9.17) is 10.5 Å². The van der Waals surface area contributed by atoms with Crippen molar-refractivity contribution in [2.75, 3.05) is 19.0 Å². The van der Waals surface area contributed by atoms with Crippen LogP contribution in [-0.4, -0.2) is 39.8 Å². The summed E-state index contributed by atoms with van der Waals surface area (Å²) in [5.74, 6) is 0.936. The molecule has 0 atom stereocenters. The van der Waals surface area contributed by atoms with E-state index >= 15 is 0 Å². The van der Waals surface area contributed by atoms with Gasteiger partial charge in [-0.2, -0.15) is 4.68 Å². The number of amides is 1. The third-order valence-corrected chi connectivity index (χ3v) is 2.50. The molecular formula is C11H14N6O2. The molecule has 1 aromatic carbocycles. The third-order valence-electron chi connectivity index (χ3n) is 2.50. The first kappa shape index (κ1) is 13.0. The molecule has 0 fully saturated rings. The number of hydrogen-bond donors (Lipinski definition) is 2. The lowest BCUT2D eigenvalue weighted by atomic mass is 10.2. The second-order valence-corrected chi connectivity index (χ2v) is 3.78. The molecule has 0 aliphatic heterocycles. The standard InChI is InChI=1S/C11H14N6O2/c1-7-14-15-16-17(7)9-5-8(13-11(18)6-12)3-4-10(9)19-2/h3-5H,6,12H2,1-2H3,(H,13,18). The van der Waals surface area contributed by atoms with Gasteiger partial charge in [0.15, 0.2) is 5.82 Å². The van der Waals surface area contributed by atoms with Crippen LogP contribution in [0.2, 0.25) is 0 Å². The van der Waals surface area contributed by atoms with Gasteiger partial charge in [-0.05, 0) is 35.5 Å². The number of hydrogen-bond acceptors (Lipinski definition) is 6. The molecule has 0 unspecified atom stereocenters. The average Bonchev–Trinajstić information content (AvgIpc) is 2.84. The monoisotopic (exact) mass is 262 g/mol. The largest absolute Gasteiger partial charge is 0.494 e. The molecule has 2 rings (SSSR count). The zero-order valence-electron chi connectivity index (χ0n) is 10.6. The molecule has 2 aromatic rings. The van der Waals surface area contributed by atoms with Crippen LogP contribution in [0.15, 0.2) is 18.2 Å². The number of nitrogens with zero attached hydrogens (tertiary/aromatic N) is 4. The molecule has 0 aliphatic carbocycles. The summed E-state index contributed by atoms with van der Waals surface area (Å²) in [6, 6.07) is 5.16. The fourth-order valence-corrected chi connectivity index (χ4v) is 1.60. The second-order valence-electron chi connectivity index (χ2n) is 3.78. The summed E-state index contributed by atoms with van der Waals surface area (Å²) in [7, 11) is 1.55. The number of tetrazole rings is 1. The Labute approximate surface area is 109 Å². The minimum Gasteiger partial charge on any atom is -0.494 e. The van der Waals surface area contributed by atoms with Crippen molar-refractivity contribution >= 4 is 11.6 Å². The van der Waals surface area contributed by atoms with E-state index in [0.717, 1.165) is 0 Å². The average molecular weight is 262 g/mol. The fraction of sp³-hybridized carbons (Fsp3) is 0.273. The number of aromatic nitrogens is 4. The van der Waals surface area contributed by atoms with Gasteiger partial charge in [-0.25, -0.2) is 0 Å². The smallest absolute Gasteiger partial charge is 0.238 e. The van der Waals surface area contributed by atoms with Crippen LogP contribution in [0.25, 0.3) is 5.69 Å². The number of benzene rings is 1. The van der Waals surface area contributed by atoms with Crippen molar-refractivity contribution in [3.8, 4) is 11.4 Å². The van der Waals surface area contributed by atoms with Gasteiger partial charge in [-0.3, -0.25) is 4.79 Å². The van der Waals surface area contributed by atoms with E-state index in [1.165, 1.54) is 4.68 Å². The molecule has 0 aliphatic rings. The number of carbonyl (C=O) groups is 1. The second kappa shape index (κ2) is 5.44. The van der Waals surface area contributed by atoms with Gasteiger partial charge in [0.2, 0.25) is 5.91 Å². The van der Waals surface area contributed by atoms with Crippen LogP contribution in [0.1, 0.15) is 5.82 Å². The normalized spacial score (nSPS) is 10.3. The Balaban J connectivity index is 2.43. The summed E-state index contributed by atoms with van der Waals surface area (Å²) in [5.41, 5.74) is 6.50. The van der Waals surface area contributed by atoms with E-state index in [9.17, 15) is 4.79 Å². The third kappa shape index (κ3) is 2.68. The number of nitrogens with two attached hydrogens (primary N) is 1. The van der Waals surface area contributed by atoms with E-state index in [1.807, 2.05) is 0 Å². The highest BCUT2D eigenvalue weighted by Gasteiger charge is 2.11. The van der Waals surface area contributed by atoms with Gasteiger partial charge in [0.1, 0.15) is 11.4 Å². The van der Waals surface area contributed by atoms with E-state index in [-0.39, 0.29) is 12.5 Å². The van der Waals surface area contributed by atoms with Crippen LogP contribution in [0, 0.1) is 6.92 Å². The molecule has 3 N–H and O–H groups in total. The highest BCUT2D eigenvalue weighted by atomic mass is 16.5. The number of ether oxygens (including phenoxy) is 1. The van der Waals surface area contributed by atoms with Crippen LogP contribution >= 0.6 is 0 Å².